The van der Waals surface area contributed by atoms with Gasteiger partial charge in [0.05, 0.1) is 11.4 Å². The van der Waals surface area contributed by atoms with Gasteiger partial charge in [-0.15, -0.1) is 0 Å². The van der Waals surface area contributed by atoms with E-state index in [0.29, 0.717) is 26.4 Å². The van der Waals surface area contributed by atoms with E-state index in [9.17, 15) is 14.4 Å². The molecule has 1 unspecified atom stereocenters. The third-order valence-corrected chi connectivity index (χ3v) is 6.26. The highest BCUT2D eigenvalue weighted by molar-refractivity contribution is 8.24. The summed E-state index contributed by atoms with van der Waals surface area (Å²) in [7, 11) is 0. The average Bonchev–Trinajstić information content (AvgIpc) is 3.20. The zero-order valence-corrected chi connectivity index (χ0v) is 17.7. The number of carboxylic acids is 1. The van der Waals surface area contributed by atoms with Crippen molar-refractivity contribution >= 4 is 74.8 Å². The monoisotopic (exact) mass is 458 g/mol. The number of carboxylic acid groups (broad SMARTS) is 1. The van der Waals surface area contributed by atoms with E-state index in [1.54, 1.807) is 34.3 Å². The molecule has 2 fully saturated rings. The number of hydrazine groups is 1. The normalized spacial score (nSPS) is 18.1. The molecule has 0 radical (unpaired) electrons. The van der Waals surface area contributed by atoms with E-state index in [0.717, 1.165) is 0 Å². The molecule has 2 aliphatic rings. The van der Waals surface area contributed by atoms with Crippen molar-refractivity contribution in [3.8, 4) is 0 Å². The fourth-order valence-electron chi connectivity index (χ4n) is 3.09. The van der Waals surface area contributed by atoms with Crippen LogP contribution in [0.25, 0.3) is 0 Å². The van der Waals surface area contributed by atoms with Crippen LogP contribution in [-0.4, -0.2) is 49.3 Å². The van der Waals surface area contributed by atoms with Crippen LogP contribution in [0, 0.1) is 0 Å². The zero-order chi connectivity index (χ0) is 21.4. The Morgan fingerprint density at radius 2 is 1.70 bits per heavy atom. The average molecular weight is 459 g/mol. The van der Waals surface area contributed by atoms with Crippen LogP contribution < -0.4 is 15.2 Å². The second-order valence-electron chi connectivity index (χ2n) is 6.31. The number of hydrogen-bond donors (Lipinski definition) is 2. The zero-order valence-electron chi connectivity index (χ0n) is 15.2. The van der Waals surface area contributed by atoms with Gasteiger partial charge >= 0.3 is 5.97 Å². The van der Waals surface area contributed by atoms with Crippen LogP contribution in [0.5, 0.6) is 0 Å². The lowest BCUT2D eigenvalue weighted by molar-refractivity contribution is -0.135. The molecule has 2 N–H and O–H groups in total. The predicted octanol–water partition coefficient (Wildman–Crippen LogP) is 2.21. The number of benzene rings is 2. The summed E-state index contributed by atoms with van der Waals surface area (Å²) in [6.45, 7) is -0.464. The first-order valence-electron chi connectivity index (χ1n) is 8.71. The van der Waals surface area contributed by atoms with Gasteiger partial charge in [-0.2, -0.15) is 0 Å². The summed E-state index contributed by atoms with van der Waals surface area (Å²) >= 11 is 12.3. The molecule has 30 heavy (non-hydrogen) atoms. The molecule has 0 bridgehead atoms. The van der Waals surface area contributed by atoms with Crippen LogP contribution in [-0.2, 0) is 9.59 Å². The van der Waals surface area contributed by atoms with Crippen molar-refractivity contribution in [2.75, 3.05) is 16.5 Å². The van der Waals surface area contributed by atoms with Crippen LogP contribution in [0.3, 0.4) is 0 Å². The maximum atomic E-state index is 13.0. The molecule has 2 amide bonds. The number of nitrogens with one attached hydrogen (secondary N) is 1. The molecule has 4 rings (SSSR count). The number of carbonyl (C=O) groups is 3. The number of rotatable bonds is 5. The minimum atomic E-state index is -1.12. The van der Waals surface area contributed by atoms with Crippen molar-refractivity contribution in [2.24, 2.45) is 0 Å². The van der Waals surface area contributed by atoms with Gasteiger partial charge in [-0.1, -0.05) is 42.2 Å². The number of amides is 2. The molecule has 0 aliphatic carbocycles. The highest BCUT2D eigenvalue weighted by atomic mass is 32.2. The maximum absolute atomic E-state index is 13.0. The molecule has 2 aromatic rings. The fourth-order valence-corrected chi connectivity index (χ4v) is 4.99. The van der Waals surface area contributed by atoms with Gasteiger partial charge in [-0.3, -0.25) is 19.3 Å². The number of aliphatic carboxylic acids is 1. The highest BCUT2D eigenvalue weighted by Crippen LogP contribution is 2.41. The van der Waals surface area contributed by atoms with E-state index < -0.39 is 23.8 Å². The third-order valence-electron chi connectivity index (χ3n) is 4.43. The van der Waals surface area contributed by atoms with Crippen molar-refractivity contribution in [1.29, 1.82) is 0 Å². The Hall–Kier alpha value is -3.02. The lowest BCUT2D eigenvalue weighted by atomic mass is 10.2. The van der Waals surface area contributed by atoms with E-state index in [2.05, 4.69) is 5.32 Å². The second-order valence-corrected chi connectivity index (χ2v) is 8.39. The van der Waals surface area contributed by atoms with E-state index in [1.807, 2.05) is 30.3 Å². The smallest absolute Gasteiger partial charge is 0.322 e. The number of para-hydroxylation sites is 1. The summed E-state index contributed by atoms with van der Waals surface area (Å²) in [5.41, 5.74) is 1.62. The minimum Gasteiger partial charge on any atom is -0.480 e. The Morgan fingerprint density at radius 3 is 2.33 bits per heavy atom. The molecular weight excluding hydrogens is 444 g/mol. The van der Waals surface area contributed by atoms with Gasteiger partial charge in [0.15, 0.2) is 9.69 Å². The molecule has 8 nitrogen and oxygen atoms in total. The Morgan fingerprint density at radius 1 is 1.03 bits per heavy atom. The Kier molecular flexibility index (Phi) is 5.41. The van der Waals surface area contributed by atoms with Crippen molar-refractivity contribution < 1.29 is 19.5 Å². The molecule has 2 saturated heterocycles. The number of carbonyl (C=O) groups excluding carboxylic acids is 2. The summed E-state index contributed by atoms with van der Waals surface area (Å²) < 4.78 is 0.464. The molecule has 0 spiro atoms. The van der Waals surface area contributed by atoms with Crippen LogP contribution in [0.1, 0.15) is 10.4 Å². The minimum absolute atomic E-state index is 0.175. The summed E-state index contributed by atoms with van der Waals surface area (Å²) in [6, 6.07) is 15.6. The first-order chi connectivity index (χ1) is 14.4. The van der Waals surface area contributed by atoms with Crippen molar-refractivity contribution in [1.82, 2.24) is 10.3 Å². The lowest BCUT2D eigenvalue weighted by Gasteiger charge is -2.29. The van der Waals surface area contributed by atoms with E-state index in [4.69, 9.17) is 29.5 Å². The van der Waals surface area contributed by atoms with Gasteiger partial charge in [0, 0.05) is 5.56 Å². The molecule has 0 saturated carbocycles. The first-order valence-corrected chi connectivity index (χ1v) is 10.4. The Bertz CT molecular complexity index is 1060. The van der Waals surface area contributed by atoms with Crippen LogP contribution in [0.15, 0.2) is 54.6 Å². The topological polar surface area (TPSA) is 93.2 Å². The predicted molar refractivity (Wildman–Crippen MR) is 121 cm³/mol. The molecule has 1 atom stereocenters. The van der Waals surface area contributed by atoms with Crippen molar-refractivity contribution in [2.45, 2.75) is 5.37 Å². The number of nitrogens with zero attached hydrogens (tertiary/aromatic N) is 3. The number of fused-ring (bicyclic) bond motifs is 1. The highest BCUT2D eigenvalue weighted by Gasteiger charge is 2.53. The third kappa shape index (κ3) is 3.51. The molecule has 0 aromatic heterocycles. The SMILES string of the molecule is O=C(O)CNC(=O)c1ccc(N2C(=S)SC3C(=O)N(c4ccccc4)C(=S)N32)cc1. The molecule has 2 heterocycles. The van der Waals surface area contributed by atoms with E-state index >= 15 is 0 Å². The van der Waals surface area contributed by atoms with Gasteiger partial charge < -0.3 is 10.4 Å². The van der Waals surface area contributed by atoms with Crippen LogP contribution in [0.4, 0.5) is 11.4 Å². The van der Waals surface area contributed by atoms with Gasteiger partial charge in [-0.05, 0) is 48.6 Å². The summed E-state index contributed by atoms with van der Waals surface area (Å²) in [4.78, 5) is 37.1. The van der Waals surface area contributed by atoms with Crippen molar-refractivity contribution in [3.63, 3.8) is 0 Å². The summed E-state index contributed by atoms with van der Waals surface area (Å²) in [6.07, 6.45) is 0. The number of thioether (sulfide) groups is 1. The summed E-state index contributed by atoms with van der Waals surface area (Å²) in [5, 5.41) is 14.0. The van der Waals surface area contributed by atoms with Gasteiger partial charge in [0.1, 0.15) is 6.54 Å². The number of anilines is 2. The number of hydrogen-bond acceptors (Lipinski definition) is 6. The van der Waals surface area contributed by atoms with E-state index in [-0.39, 0.29) is 5.91 Å². The molecule has 11 heteroatoms. The molecular formula is C19H14N4O4S3. The lowest BCUT2D eigenvalue weighted by Crippen LogP contribution is -2.44. The standard InChI is InChI=1S/C19H14N4O4S3/c24-14(25)10-20-15(26)11-6-8-13(9-7-11)22-19(29)30-17-16(27)21(18(28)23(17)22)12-4-2-1-3-5-12/h1-9,17H,10H2,(H,20,26)(H,24,25). The van der Waals surface area contributed by atoms with Gasteiger partial charge in [0.25, 0.3) is 11.8 Å². The number of thiocarbonyl (C=S) groups is 2. The first kappa shape index (κ1) is 20.3. The largest absolute Gasteiger partial charge is 0.480 e. The summed E-state index contributed by atoms with van der Waals surface area (Å²) in [5.74, 6) is -1.80. The van der Waals surface area contributed by atoms with Gasteiger partial charge in [0.2, 0.25) is 5.11 Å². The second kappa shape index (κ2) is 8.01. The van der Waals surface area contributed by atoms with Crippen molar-refractivity contribution in [3.05, 3.63) is 60.2 Å². The maximum Gasteiger partial charge on any atom is 0.322 e. The van der Waals surface area contributed by atoms with Crippen LogP contribution in [0.2, 0.25) is 0 Å². The molecule has 152 valence electrons. The quantitative estimate of drug-likeness (QED) is 0.654. The Balaban J connectivity index is 1.58. The molecule has 2 aromatic carbocycles. The molecule has 2 aliphatic heterocycles. The van der Waals surface area contributed by atoms with Crippen LogP contribution >= 0.6 is 36.2 Å². The fraction of sp³-hybridized carbons (Fsp3) is 0.105. The van der Waals surface area contributed by atoms with Gasteiger partial charge in [-0.25, -0.2) is 10.0 Å². The van der Waals surface area contributed by atoms with E-state index in [1.165, 1.54) is 16.7 Å². The Labute approximate surface area is 186 Å².